The van der Waals surface area contributed by atoms with Gasteiger partial charge in [0, 0.05) is 11.8 Å². The van der Waals surface area contributed by atoms with Crippen molar-refractivity contribution in [3.8, 4) is 11.4 Å². The molecule has 0 fully saturated rings. The maximum absolute atomic E-state index is 10.4. The van der Waals surface area contributed by atoms with Crippen molar-refractivity contribution < 1.29 is 9.32 Å². The summed E-state index contributed by atoms with van der Waals surface area (Å²) in [5.41, 5.74) is 1.68. The van der Waals surface area contributed by atoms with Crippen LogP contribution in [-0.4, -0.2) is 21.4 Å². The van der Waals surface area contributed by atoms with Crippen molar-refractivity contribution in [3.05, 3.63) is 29.6 Å². The molecule has 0 bridgehead atoms. The second kappa shape index (κ2) is 3.49. The largest absolute Gasteiger partial charge is 0.331 e. The third-order valence-electron chi connectivity index (χ3n) is 2.10. The predicted octanol–water partition coefficient (Wildman–Crippen LogP) is 2.16. The lowest BCUT2D eigenvalue weighted by Gasteiger charge is -1.93. The van der Waals surface area contributed by atoms with Gasteiger partial charge in [-0.25, -0.2) is 0 Å². The van der Waals surface area contributed by atoms with Crippen LogP contribution in [0, 0.1) is 0 Å². The Bertz CT molecular complexity index is 659. The quantitative estimate of drug-likeness (QED) is 0.632. The summed E-state index contributed by atoms with van der Waals surface area (Å²) in [6.45, 7) is 0. The first-order chi connectivity index (χ1) is 7.86. The molecule has 0 saturated carbocycles. The van der Waals surface area contributed by atoms with Crippen LogP contribution in [0.1, 0.15) is 10.7 Å². The van der Waals surface area contributed by atoms with Crippen LogP contribution < -0.4 is 0 Å². The molecule has 0 unspecified atom stereocenters. The summed E-state index contributed by atoms with van der Waals surface area (Å²) in [7, 11) is 0. The van der Waals surface area contributed by atoms with Gasteiger partial charge in [0.2, 0.25) is 12.1 Å². The van der Waals surface area contributed by atoms with E-state index < -0.39 is 0 Å². The molecule has 0 aliphatic rings. The minimum absolute atomic E-state index is 0.0266. The Labute approximate surface area is 93.7 Å². The Morgan fingerprint density at radius 1 is 1.44 bits per heavy atom. The molecule has 0 spiro atoms. The molecule has 0 radical (unpaired) electrons. The lowest BCUT2D eigenvalue weighted by Crippen LogP contribution is -1.83. The van der Waals surface area contributed by atoms with Gasteiger partial charge in [0.25, 0.3) is 5.89 Å². The molecule has 3 heterocycles. The van der Waals surface area contributed by atoms with Crippen LogP contribution in [0.25, 0.3) is 21.6 Å². The fourth-order valence-electron chi connectivity index (χ4n) is 1.37. The Balaban J connectivity index is 2.13. The van der Waals surface area contributed by atoms with Gasteiger partial charge in [-0.3, -0.25) is 9.78 Å². The highest BCUT2D eigenvalue weighted by molar-refractivity contribution is 7.17. The number of rotatable bonds is 2. The highest BCUT2D eigenvalue weighted by Gasteiger charge is 2.09. The van der Waals surface area contributed by atoms with E-state index in [0.717, 1.165) is 15.8 Å². The lowest BCUT2D eigenvalue weighted by molar-refractivity contribution is 0.108. The number of aldehydes is 1. The number of hydrogen-bond donors (Lipinski definition) is 0. The Morgan fingerprint density at radius 3 is 3.19 bits per heavy atom. The van der Waals surface area contributed by atoms with Crippen molar-refractivity contribution in [1.29, 1.82) is 0 Å². The predicted molar refractivity (Wildman–Crippen MR) is 58.3 cm³/mol. The average molecular weight is 231 g/mol. The first kappa shape index (κ1) is 9.17. The van der Waals surface area contributed by atoms with Gasteiger partial charge in [-0.2, -0.15) is 4.98 Å². The second-order valence-corrected chi connectivity index (χ2v) is 4.05. The number of hydrogen-bond acceptors (Lipinski definition) is 6. The SMILES string of the molecule is O=Cc1nc(-c2cnc3ccsc3c2)no1. The maximum atomic E-state index is 10.4. The first-order valence-corrected chi connectivity index (χ1v) is 5.37. The third-order valence-corrected chi connectivity index (χ3v) is 2.96. The molecule has 0 aromatic carbocycles. The Morgan fingerprint density at radius 2 is 2.38 bits per heavy atom. The van der Waals surface area contributed by atoms with E-state index in [1.165, 1.54) is 0 Å². The van der Waals surface area contributed by atoms with Crippen LogP contribution >= 0.6 is 11.3 Å². The van der Waals surface area contributed by atoms with Crippen molar-refractivity contribution >= 4 is 27.8 Å². The van der Waals surface area contributed by atoms with Crippen LogP contribution in [-0.2, 0) is 0 Å². The molecule has 5 nitrogen and oxygen atoms in total. The molecular weight excluding hydrogens is 226 g/mol. The molecule has 0 amide bonds. The Kier molecular flexibility index (Phi) is 2.00. The first-order valence-electron chi connectivity index (χ1n) is 4.49. The highest BCUT2D eigenvalue weighted by Crippen LogP contribution is 2.23. The number of nitrogens with zero attached hydrogens (tertiary/aromatic N) is 3. The van der Waals surface area contributed by atoms with Crippen molar-refractivity contribution in [2.24, 2.45) is 0 Å². The van der Waals surface area contributed by atoms with Gasteiger partial charge in [0.15, 0.2) is 0 Å². The summed E-state index contributed by atoms with van der Waals surface area (Å²) in [6, 6.07) is 3.86. The maximum Gasteiger partial charge on any atom is 0.291 e. The van der Waals surface area contributed by atoms with Crippen LogP contribution in [0.5, 0.6) is 0 Å². The third kappa shape index (κ3) is 1.40. The fraction of sp³-hybridized carbons (Fsp3) is 0. The molecule has 6 heteroatoms. The van der Waals surface area contributed by atoms with E-state index in [1.807, 2.05) is 17.5 Å². The summed E-state index contributed by atoms with van der Waals surface area (Å²) in [4.78, 5) is 18.6. The van der Waals surface area contributed by atoms with Gasteiger partial charge in [-0.15, -0.1) is 11.3 Å². The number of thiophene rings is 1. The highest BCUT2D eigenvalue weighted by atomic mass is 32.1. The monoisotopic (exact) mass is 231 g/mol. The summed E-state index contributed by atoms with van der Waals surface area (Å²) >= 11 is 1.59. The van der Waals surface area contributed by atoms with Gasteiger partial charge in [0.1, 0.15) is 0 Å². The minimum atomic E-state index is -0.0266. The van der Waals surface area contributed by atoms with Gasteiger partial charge in [-0.05, 0) is 17.5 Å². The van der Waals surface area contributed by atoms with E-state index in [1.54, 1.807) is 17.5 Å². The summed E-state index contributed by atoms with van der Waals surface area (Å²) in [5, 5.41) is 5.66. The molecule has 0 saturated heterocycles. The van der Waals surface area contributed by atoms with Crippen LogP contribution in [0.15, 0.2) is 28.2 Å². The number of carbonyl (C=O) groups is 1. The molecule has 0 aliphatic carbocycles. The van der Waals surface area contributed by atoms with Crippen LogP contribution in [0.4, 0.5) is 0 Å². The topological polar surface area (TPSA) is 68.9 Å². The zero-order valence-corrected chi connectivity index (χ0v) is 8.77. The molecule has 16 heavy (non-hydrogen) atoms. The Hall–Kier alpha value is -2.08. The molecule has 0 aliphatic heterocycles. The fourth-order valence-corrected chi connectivity index (χ4v) is 2.15. The second-order valence-electron chi connectivity index (χ2n) is 3.10. The van der Waals surface area contributed by atoms with E-state index in [2.05, 4.69) is 15.1 Å². The van der Waals surface area contributed by atoms with Crippen LogP contribution in [0.2, 0.25) is 0 Å². The number of fused-ring (bicyclic) bond motifs is 1. The summed E-state index contributed by atoms with van der Waals surface area (Å²) < 4.78 is 5.76. The van der Waals surface area contributed by atoms with Crippen molar-refractivity contribution in [2.75, 3.05) is 0 Å². The lowest BCUT2D eigenvalue weighted by atomic mass is 10.2. The van der Waals surface area contributed by atoms with Gasteiger partial charge >= 0.3 is 0 Å². The van der Waals surface area contributed by atoms with Crippen molar-refractivity contribution in [1.82, 2.24) is 15.1 Å². The van der Waals surface area contributed by atoms with Gasteiger partial charge < -0.3 is 4.52 Å². The summed E-state index contributed by atoms with van der Waals surface area (Å²) in [5.74, 6) is 0.353. The number of carbonyl (C=O) groups excluding carboxylic acids is 1. The molecule has 78 valence electrons. The van der Waals surface area contributed by atoms with Gasteiger partial charge in [0.05, 0.1) is 10.2 Å². The molecule has 0 N–H and O–H groups in total. The number of pyridine rings is 1. The minimum Gasteiger partial charge on any atom is -0.331 e. The molecule has 0 atom stereocenters. The average Bonchev–Trinajstić information content (AvgIpc) is 2.96. The zero-order valence-electron chi connectivity index (χ0n) is 7.95. The molecule has 3 aromatic heterocycles. The van der Waals surface area contributed by atoms with Crippen molar-refractivity contribution in [3.63, 3.8) is 0 Å². The molecule has 3 aromatic rings. The number of aromatic nitrogens is 3. The van der Waals surface area contributed by atoms with E-state index in [4.69, 9.17) is 4.52 Å². The van der Waals surface area contributed by atoms with E-state index in [0.29, 0.717) is 12.1 Å². The summed E-state index contributed by atoms with van der Waals surface area (Å²) in [6.07, 6.45) is 2.18. The zero-order chi connectivity index (χ0) is 11.0. The normalized spacial score (nSPS) is 10.8. The standard InChI is InChI=1S/C10H5N3O2S/c14-5-9-12-10(13-15-9)6-3-8-7(11-4-6)1-2-16-8/h1-5H. The van der Waals surface area contributed by atoms with E-state index >= 15 is 0 Å². The van der Waals surface area contributed by atoms with E-state index in [-0.39, 0.29) is 5.89 Å². The smallest absolute Gasteiger partial charge is 0.291 e. The van der Waals surface area contributed by atoms with Gasteiger partial charge in [-0.1, -0.05) is 5.16 Å². The van der Waals surface area contributed by atoms with Crippen LogP contribution in [0.3, 0.4) is 0 Å². The molecular formula is C10H5N3O2S. The van der Waals surface area contributed by atoms with Crippen molar-refractivity contribution in [2.45, 2.75) is 0 Å². The molecule has 3 rings (SSSR count). The van der Waals surface area contributed by atoms with E-state index in [9.17, 15) is 4.79 Å².